The summed E-state index contributed by atoms with van der Waals surface area (Å²) in [7, 11) is 0. The van der Waals surface area contributed by atoms with Crippen LogP contribution in [0.2, 0.25) is 0 Å². The minimum Gasteiger partial charge on any atom is -0.179 e. The van der Waals surface area contributed by atoms with Gasteiger partial charge in [0.05, 0.1) is 0 Å². The minimum atomic E-state index is 0.528. The lowest BCUT2D eigenvalue weighted by Crippen LogP contribution is -1.86. The fraction of sp³-hybridized carbons (Fsp3) is 1.00. The topological polar surface area (TPSA) is 0 Å². The predicted molar refractivity (Wildman–Crippen MR) is 210 cm³/mol. The summed E-state index contributed by atoms with van der Waals surface area (Å²) in [5.74, 6) is 8.31. The lowest BCUT2D eigenvalue weighted by atomic mass is 10.1. The van der Waals surface area contributed by atoms with Crippen LogP contribution in [-0.2, 0) is 0 Å². The van der Waals surface area contributed by atoms with Crippen molar-refractivity contribution in [3.05, 3.63) is 0 Å². The van der Waals surface area contributed by atoms with Crippen molar-refractivity contribution in [2.45, 2.75) is 166 Å². The van der Waals surface area contributed by atoms with E-state index in [1.54, 1.807) is 0 Å². The van der Waals surface area contributed by atoms with Crippen LogP contribution in [0.4, 0.5) is 0 Å². The molecule has 246 valence electrons. The van der Waals surface area contributed by atoms with Gasteiger partial charge in [0.2, 0.25) is 0 Å². The molecule has 0 spiro atoms. The molecular weight excluding hydrogens is 569 g/mol. The average Bonchev–Trinajstić information content (AvgIpc) is 2.81. The van der Waals surface area contributed by atoms with Gasteiger partial charge in [-0.15, -0.1) is 0 Å². The number of thiol groups is 5. The van der Waals surface area contributed by atoms with Crippen LogP contribution in [-0.4, -0.2) is 28.3 Å². The first kappa shape index (κ1) is 53.3. The van der Waals surface area contributed by atoms with E-state index in [0.717, 1.165) is 52.6 Å². The molecule has 0 atom stereocenters. The molecule has 0 saturated heterocycles. The third-order valence-electron chi connectivity index (χ3n) is 4.84. The van der Waals surface area contributed by atoms with Gasteiger partial charge >= 0.3 is 0 Å². The third-order valence-corrected chi connectivity index (χ3v) is 6.46. The first-order valence-electron chi connectivity index (χ1n) is 16.2. The summed E-state index contributed by atoms with van der Waals surface area (Å²) >= 11 is 20.3. The molecule has 5 heteroatoms. The van der Waals surface area contributed by atoms with Gasteiger partial charge in [-0.05, 0) is 77.1 Å². The molecule has 0 N–H and O–H groups in total. The predicted octanol–water partition coefficient (Wildman–Crippen LogP) is 13.6. The number of unbranched alkanes of at least 4 members (excludes halogenated alkanes) is 4. The normalized spacial score (nSPS) is 10.2. The Kier molecular flexibility index (Phi) is 67.6. The molecule has 39 heavy (non-hydrogen) atoms. The van der Waals surface area contributed by atoms with E-state index in [1.165, 1.54) is 70.6 Å². The van der Waals surface area contributed by atoms with Crippen molar-refractivity contribution < 1.29 is 0 Å². The standard InChI is InChI=1S/C9H20.C7H16S.C6H14S.C5H12S.C4H10S.C3H8S/c1-4-5-6-7-8-9(2)3;1-7(2)5-3-4-6-8;1-6(2)4-3-5-7;1-5(2)3-4-6;1-4(2)3-5;1-3(2)4/h9H,4-8H2,1-3H3;7-8H,3-6H2,1-2H3;6-7H,3-5H2,1-2H3;5-6H,3-4H2,1-2H3;4-5H,3H2,1-2H3;3-4H,1-2H3. The molecule has 0 nitrogen and oxygen atoms in total. The Bertz CT molecular complexity index is 340. The van der Waals surface area contributed by atoms with Crippen LogP contribution < -0.4 is 0 Å². The molecule has 0 heterocycles. The highest BCUT2D eigenvalue weighted by atomic mass is 32.1. The van der Waals surface area contributed by atoms with Crippen molar-refractivity contribution in [1.82, 2.24) is 0 Å². The molecule has 0 bridgehead atoms. The molecule has 0 aliphatic heterocycles. The highest BCUT2D eigenvalue weighted by Crippen LogP contribution is 2.08. The Hall–Kier alpha value is 1.75. The Morgan fingerprint density at radius 1 is 0.385 bits per heavy atom. The molecule has 0 unspecified atom stereocenters. The van der Waals surface area contributed by atoms with Crippen LogP contribution >= 0.6 is 63.1 Å². The van der Waals surface area contributed by atoms with Crippen LogP contribution in [0, 0.1) is 29.6 Å². The second-order valence-electron chi connectivity index (χ2n) is 12.7. The summed E-state index contributed by atoms with van der Waals surface area (Å²) in [5.41, 5.74) is 0. The second kappa shape index (κ2) is 49.4. The maximum Gasteiger partial charge on any atom is -0.00399 e. The molecule has 0 aromatic carbocycles. The average molecular weight is 649 g/mol. The van der Waals surface area contributed by atoms with Crippen LogP contribution in [0.1, 0.15) is 161 Å². The van der Waals surface area contributed by atoms with Crippen LogP contribution in [0.15, 0.2) is 0 Å². The Balaban J connectivity index is -0.0000000854. The number of hydrogen-bond donors (Lipinski definition) is 5. The summed E-state index contributed by atoms with van der Waals surface area (Å²) in [6.45, 7) is 28.6. The molecule has 0 aromatic heterocycles. The van der Waals surface area contributed by atoms with E-state index in [0.29, 0.717) is 5.25 Å². The first-order valence-corrected chi connectivity index (χ1v) is 19.2. The van der Waals surface area contributed by atoms with E-state index in [-0.39, 0.29) is 0 Å². The maximum absolute atomic E-state index is 4.12. The van der Waals surface area contributed by atoms with Crippen LogP contribution in [0.3, 0.4) is 0 Å². The molecule has 0 aliphatic rings. The van der Waals surface area contributed by atoms with Gasteiger partial charge in [0.25, 0.3) is 0 Å². The monoisotopic (exact) mass is 648 g/mol. The second-order valence-corrected chi connectivity index (χ2v) is 15.4. The van der Waals surface area contributed by atoms with Gasteiger partial charge in [0.15, 0.2) is 0 Å². The minimum absolute atomic E-state index is 0.528. The van der Waals surface area contributed by atoms with E-state index in [4.69, 9.17) is 0 Å². The smallest absolute Gasteiger partial charge is 0.00399 e. The SMILES string of the molecule is CC(C)CCCCS.CC(C)CCCS.CC(C)CCS.CC(C)CS.CC(C)S.CCCCCCC(C)C. The van der Waals surface area contributed by atoms with Crippen molar-refractivity contribution in [2.24, 2.45) is 29.6 Å². The van der Waals surface area contributed by atoms with Gasteiger partial charge in [0.1, 0.15) is 0 Å². The molecule has 0 amide bonds. The van der Waals surface area contributed by atoms with Gasteiger partial charge in [-0.3, -0.25) is 0 Å². The van der Waals surface area contributed by atoms with Gasteiger partial charge in [-0.25, -0.2) is 0 Å². The van der Waals surface area contributed by atoms with E-state index >= 15 is 0 Å². The molecule has 0 aromatic rings. The summed E-state index contributed by atoms with van der Waals surface area (Å²) in [6.07, 6.45) is 14.9. The summed E-state index contributed by atoms with van der Waals surface area (Å²) in [6, 6.07) is 0. The number of hydrogen-bond acceptors (Lipinski definition) is 5. The first-order chi connectivity index (χ1) is 18.1. The zero-order valence-electron chi connectivity index (χ0n) is 29.3. The molecular formula is C34H80S5. The molecule has 0 aliphatic carbocycles. The zero-order valence-corrected chi connectivity index (χ0v) is 33.8. The Morgan fingerprint density at radius 2 is 0.692 bits per heavy atom. The van der Waals surface area contributed by atoms with Gasteiger partial charge in [0, 0.05) is 0 Å². The zero-order chi connectivity index (χ0) is 32.1. The third kappa shape index (κ3) is 120. The highest BCUT2D eigenvalue weighted by Gasteiger charge is 1.92. The Morgan fingerprint density at radius 3 is 0.872 bits per heavy atom. The van der Waals surface area contributed by atoms with Gasteiger partial charge in [-0.2, -0.15) is 63.1 Å². The quantitative estimate of drug-likeness (QED) is 0.0847. The lowest BCUT2D eigenvalue weighted by Gasteiger charge is -2.01. The van der Waals surface area contributed by atoms with E-state index in [2.05, 4.69) is 139 Å². The molecule has 0 radical (unpaired) electrons. The molecule has 0 fully saturated rings. The van der Waals surface area contributed by atoms with Crippen LogP contribution in [0.25, 0.3) is 0 Å². The van der Waals surface area contributed by atoms with Crippen LogP contribution in [0.5, 0.6) is 0 Å². The van der Waals surface area contributed by atoms with Crippen molar-refractivity contribution in [1.29, 1.82) is 0 Å². The van der Waals surface area contributed by atoms with Crippen molar-refractivity contribution in [2.75, 3.05) is 23.0 Å². The van der Waals surface area contributed by atoms with E-state index in [9.17, 15) is 0 Å². The maximum atomic E-state index is 4.12. The molecule has 0 saturated carbocycles. The van der Waals surface area contributed by atoms with Gasteiger partial charge < -0.3 is 0 Å². The van der Waals surface area contributed by atoms with Crippen molar-refractivity contribution in [3.8, 4) is 0 Å². The Labute approximate surface area is 280 Å². The fourth-order valence-corrected chi connectivity index (χ4v) is 3.32. The molecule has 0 rings (SSSR count). The van der Waals surface area contributed by atoms with E-state index < -0.39 is 0 Å². The summed E-state index contributed by atoms with van der Waals surface area (Å²) in [4.78, 5) is 0. The van der Waals surface area contributed by atoms with Crippen molar-refractivity contribution in [3.63, 3.8) is 0 Å². The largest absolute Gasteiger partial charge is 0.179 e. The summed E-state index contributed by atoms with van der Waals surface area (Å²) in [5, 5.41) is 0.528. The van der Waals surface area contributed by atoms with Gasteiger partial charge in [-0.1, -0.05) is 141 Å². The number of rotatable bonds is 15. The van der Waals surface area contributed by atoms with Crippen molar-refractivity contribution >= 4 is 63.1 Å². The lowest BCUT2D eigenvalue weighted by molar-refractivity contribution is 0.525. The van der Waals surface area contributed by atoms with E-state index in [1.807, 2.05) is 13.8 Å². The fourth-order valence-electron chi connectivity index (χ4n) is 2.40. The highest BCUT2D eigenvalue weighted by molar-refractivity contribution is 7.81. The summed E-state index contributed by atoms with van der Waals surface area (Å²) < 4.78 is 0.